The third-order valence-electron chi connectivity index (χ3n) is 3.19. The normalized spacial score (nSPS) is 13.3. The Morgan fingerprint density at radius 1 is 1.22 bits per heavy atom. The van der Waals surface area contributed by atoms with Crippen LogP contribution in [0, 0.1) is 6.92 Å². The molecule has 4 nitrogen and oxygen atoms in total. The van der Waals surface area contributed by atoms with E-state index >= 15 is 0 Å². The predicted molar refractivity (Wildman–Crippen MR) is 76.6 cm³/mol. The van der Waals surface area contributed by atoms with Gasteiger partial charge >= 0.3 is 0 Å². The van der Waals surface area contributed by atoms with Crippen LogP contribution in [0.3, 0.4) is 0 Å². The van der Waals surface area contributed by atoms with E-state index in [1.54, 1.807) is 0 Å². The molecule has 2 N–H and O–H groups in total. The molecule has 1 atom stereocenters. The van der Waals surface area contributed by atoms with Crippen LogP contribution in [0.2, 0.25) is 0 Å². The van der Waals surface area contributed by atoms with Crippen molar-refractivity contribution in [3.63, 3.8) is 0 Å². The Hall–Kier alpha value is -0.970. The fourth-order valence-electron chi connectivity index (χ4n) is 2.04. The largest absolute Gasteiger partial charge is 0.329 e. The van der Waals surface area contributed by atoms with E-state index in [0.717, 1.165) is 25.2 Å². The SMILES string of the molecule is Cc1ccc(C(CN)N(C)CCCN(C)C)cn1. The molecule has 0 aliphatic heterocycles. The lowest BCUT2D eigenvalue weighted by atomic mass is 10.1. The van der Waals surface area contributed by atoms with E-state index in [0.29, 0.717) is 6.54 Å². The molecule has 0 spiro atoms. The van der Waals surface area contributed by atoms with E-state index in [1.165, 1.54) is 5.56 Å². The molecule has 0 bridgehead atoms. The number of likely N-dealkylation sites (N-methyl/N-ethyl adjacent to an activating group) is 1. The van der Waals surface area contributed by atoms with Crippen molar-refractivity contribution >= 4 is 0 Å². The summed E-state index contributed by atoms with van der Waals surface area (Å²) in [5, 5.41) is 0. The van der Waals surface area contributed by atoms with Crippen LogP contribution in [0.5, 0.6) is 0 Å². The number of hydrogen-bond acceptors (Lipinski definition) is 4. The molecule has 1 heterocycles. The Morgan fingerprint density at radius 3 is 2.44 bits per heavy atom. The molecule has 18 heavy (non-hydrogen) atoms. The van der Waals surface area contributed by atoms with E-state index in [2.05, 4.69) is 42.0 Å². The lowest BCUT2D eigenvalue weighted by molar-refractivity contribution is 0.235. The van der Waals surface area contributed by atoms with Gasteiger partial charge < -0.3 is 10.6 Å². The summed E-state index contributed by atoms with van der Waals surface area (Å²) in [7, 11) is 6.33. The lowest BCUT2D eigenvalue weighted by Gasteiger charge is -2.27. The van der Waals surface area contributed by atoms with Crippen molar-refractivity contribution in [1.82, 2.24) is 14.8 Å². The summed E-state index contributed by atoms with van der Waals surface area (Å²) in [6.07, 6.45) is 3.09. The van der Waals surface area contributed by atoms with Crippen molar-refractivity contribution in [2.45, 2.75) is 19.4 Å². The third kappa shape index (κ3) is 4.72. The topological polar surface area (TPSA) is 45.4 Å². The quantitative estimate of drug-likeness (QED) is 0.791. The number of rotatable bonds is 7. The van der Waals surface area contributed by atoms with E-state index in [1.807, 2.05) is 19.2 Å². The van der Waals surface area contributed by atoms with Crippen LogP contribution in [-0.2, 0) is 0 Å². The van der Waals surface area contributed by atoms with Crippen molar-refractivity contribution in [2.24, 2.45) is 5.73 Å². The summed E-state index contributed by atoms with van der Waals surface area (Å²) in [6.45, 7) is 4.78. The molecule has 0 saturated heterocycles. The fourth-order valence-corrected chi connectivity index (χ4v) is 2.04. The summed E-state index contributed by atoms with van der Waals surface area (Å²) in [5.41, 5.74) is 8.15. The highest BCUT2D eigenvalue weighted by atomic mass is 15.1. The standard InChI is InChI=1S/C14H26N4/c1-12-6-7-13(11-16-12)14(10-15)18(4)9-5-8-17(2)3/h6-7,11,14H,5,8-10,15H2,1-4H3. The average molecular weight is 250 g/mol. The van der Waals surface area contributed by atoms with E-state index in [9.17, 15) is 0 Å². The van der Waals surface area contributed by atoms with E-state index < -0.39 is 0 Å². The Balaban J connectivity index is 2.56. The van der Waals surface area contributed by atoms with Crippen molar-refractivity contribution < 1.29 is 0 Å². The lowest BCUT2D eigenvalue weighted by Crippen LogP contribution is -2.32. The molecular weight excluding hydrogens is 224 g/mol. The highest BCUT2D eigenvalue weighted by molar-refractivity contribution is 5.17. The first-order chi connectivity index (χ1) is 8.54. The van der Waals surface area contributed by atoms with Crippen molar-refractivity contribution in [3.05, 3.63) is 29.6 Å². The smallest absolute Gasteiger partial charge is 0.0482 e. The van der Waals surface area contributed by atoms with Gasteiger partial charge in [-0.15, -0.1) is 0 Å². The van der Waals surface area contributed by atoms with Gasteiger partial charge in [0.05, 0.1) is 0 Å². The second-order valence-corrected chi connectivity index (χ2v) is 5.12. The highest BCUT2D eigenvalue weighted by Gasteiger charge is 2.15. The molecule has 1 aromatic rings. The monoisotopic (exact) mass is 250 g/mol. The van der Waals surface area contributed by atoms with Gasteiger partial charge in [-0.2, -0.15) is 0 Å². The maximum absolute atomic E-state index is 5.90. The highest BCUT2D eigenvalue weighted by Crippen LogP contribution is 2.17. The minimum Gasteiger partial charge on any atom is -0.329 e. The van der Waals surface area contributed by atoms with Gasteiger partial charge in [0, 0.05) is 24.5 Å². The first-order valence-corrected chi connectivity index (χ1v) is 6.52. The molecule has 0 amide bonds. The van der Waals surface area contributed by atoms with Gasteiger partial charge in [-0.3, -0.25) is 9.88 Å². The Labute approximate surface area is 111 Å². The molecule has 0 radical (unpaired) electrons. The number of hydrogen-bond donors (Lipinski definition) is 1. The number of aromatic nitrogens is 1. The minimum atomic E-state index is 0.264. The Kier molecular flexibility index (Phi) is 6.25. The summed E-state index contributed by atoms with van der Waals surface area (Å²) >= 11 is 0. The molecule has 1 unspecified atom stereocenters. The number of pyridine rings is 1. The zero-order chi connectivity index (χ0) is 13.5. The van der Waals surface area contributed by atoms with Crippen LogP contribution in [0.25, 0.3) is 0 Å². The van der Waals surface area contributed by atoms with Crippen LogP contribution in [0.4, 0.5) is 0 Å². The Morgan fingerprint density at radius 2 is 1.94 bits per heavy atom. The van der Waals surface area contributed by atoms with Crippen LogP contribution < -0.4 is 5.73 Å². The maximum Gasteiger partial charge on any atom is 0.0482 e. The van der Waals surface area contributed by atoms with Gasteiger partial charge in [-0.05, 0) is 59.2 Å². The summed E-state index contributed by atoms with van der Waals surface area (Å²) in [5.74, 6) is 0. The maximum atomic E-state index is 5.90. The Bertz CT molecular complexity index is 334. The summed E-state index contributed by atoms with van der Waals surface area (Å²) in [4.78, 5) is 8.87. The number of nitrogens with zero attached hydrogens (tertiary/aromatic N) is 3. The molecule has 4 heteroatoms. The first kappa shape index (κ1) is 15.1. The van der Waals surface area contributed by atoms with Crippen molar-refractivity contribution in [1.29, 1.82) is 0 Å². The molecule has 1 aromatic heterocycles. The first-order valence-electron chi connectivity index (χ1n) is 6.52. The third-order valence-corrected chi connectivity index (χ3v) is 3.19. The molecule has 102 valence electrons. The minimum absolute atomic E-state index is 0.264. The number of aryl methyl sites for hydroxylation is 1. The van der Waals surface area contributed by atoms with Crippen LogP contribution in [0.1, 0.15) is 23.7 Å². The fraction of sp³-hybridized carbons (Fsp3) is 0.643. The predicted octanol–water partition coefficient (Wildman–Crippen LogP) is 1.27. The van der Waals surface area contributed by atoms with E-state index in [4.69, 9.17) is 5.73 Å². The molecule has 0 aromatic carbocycles. The second-order valence-electron chi connectivity index (χ2n) is 5.12. The van der Waals surface area contributed by atoms with Crippen molar-refractivity contribution in [3.8, 4) is 0 Å². The van der Waals surface area contributed by atoms with Gasteiger partial charge in [0.15, 0.2) is 0 Å². The zero-order valence-corrected chi connectivity index (χ0v) is 12.1. The van der Waals surface area contributed by atoms with Gasteiger partial charge in [-0.1, -0.05) is 6.07 Å². The van der Waals surface area contributed by atoms with Crippen LogP contribution >= 0.6 is 0 Å². The molecule has 1 rings (SSSR count). The molecule has 0 fully saturated rings. The average Bonchev–Trinajstić information content (AvgIpc) is 2.32. The number of nitrogens with two attached hydrogens (primary N) is 1. The molecule has 0 aliphatic rings. The summed E-state index contributed by atoms with van der Waals surface area (Å²) < 4.78 is 0. The molecular formula is C14H26N4. The van der Waals surface area contributed by atoms with E-state index in [-0.39, 0.29) is 6.04 Å². The van der Waals surface area contributed by atoms with Crippen LogP contribution in [-0.4, -0.2) is 55.6 Å². The van der Waals surface area contributed by atoms with Crippen molar-refractivity contribution in [2.75, 3.05) is 40.8 Å². The van der Waals surface area contributed by atoms with Crippen LogP contribution in [0.15, 0.2) is 18.3 Å². The van der Waals surface area contributed by atoms with Gasteiger partial charge in [0.25, 0.3) is 0 Å². The van der Waals surface area contributed by atoms with Gasteiger partial charge in [-0.25, -0.2) is 0 Å². The van der Waals surface area contributed by atoms with Gasteiger partial charge in [0.2, 0.25) is 0 Å². The molecule has 0 saturated carbocycles. The van der Waals surface area contributed by atoms with Gasteiger partial charge in [0.1, 0.15) is 0 Å². The molecule has 0 aliphatic carbocycles. The zero-order valence-electron chi connectivity index (χ0n) is 12.1. The summed E-state index contributed by atoms with van der Waals surface area (Å²) in [6, 6.07) is 4.44. The second kappa shape index (κ2) is 7.46.